The van der Waals surface area contributed by atoms with Crippen molar-refractivity contribution in [3.63, 3.8) is 0 Å². The molecule has 0 unspecified atom stereocenters. The number of hydrogen-bond acceptors (Lipinski definition) is 5. The molecule has 1 aliphatic heterocycles. The molecule has 190 valence electrons. The third-order valence-electron chi connectivity index (χ3n) is 6.30. The fraction of sp³-hybridized carbons (Fsp3) is 0.960. The van der Waals surface area contributed by atoms with Crippen molar-refractivity contribution in [2.75, 3.05) is 26.2 Å². The van der Waals surface area contributed by atoms with Crippen molar-refractivity contribution in [2.24, 2.45) is 10.9 Å². The van der Waals surface area contributed by atoms with Crippen LogP contribution in [0.3, 0.4) is 0 Å². The second-order valence-corrected chi connectivity index (χ2v) is 10.9. The zero-order valence-electron chi connectivity index (χ0n) is 20.9. The highest BCUT2D eigenvalue weighted by Crippen LogP contribution is 2.16. The molecule has 0 spiro atoms. The molecular formula is C25H50N2O4S. The van der Waals surface area contributed by atoms with E-state index in [1.54, 1.807) is 0 Å². The van der Waals surface area contributed by atoms with Crippen molar-refractivity contribution in [3.8, 4) is 0 Å². The maximum atomic E-state index is 10.6. The van der Waals surface area contributed by atoms with Crippen molar-refractivity contribution in [2.45, 2.75) is 123 Å². The zero-order chi connectivity index (χ0) is 23.5. The molecule has 0 amide bonds. The molecule has 1 rings (SSSR count). The smallest absolute Gasteiger partial charge is 0.356 e. The summed E-state index contributed by atoms with van der Waals surface area (Å²) in [6.07, 6.45) is 22.8. The molecule has 1 aliphatic rings. The van der Waals surface area contributed by atoms with Crippen LogP contribution in [0.2, 0.25) is 0 Å². The van der Waals surface area contributed by atoms with Gasteiger partial charge >= 0.3 is 10.4 Å². The summed E-state index contributed by atoms with van der Waals surface area (Å²) in [4.78, 5) is 6.59. The van der Waals surface area contributed by atoms with Crippen molar-refractivity contribution >= 4 is 16.2 Å². The molecule has 6 nitrogen and oxygen atoms in total. The van der Waals surface area contributed by atoms with E-state index in [0.29, 0.717) is 6.54 Å². The van der Waals surface area contributed by atoms with Gasteiger partial charge in [-0.05, 0) is 12.3 Å². The van der Waals surface area contributed by atoms with E-state index in [2.05, 4.69) is 27.9 Å². The van der Waals surface area contributed by atoms with Gasteiger partial charge in [0.15, 0.2) is 0 Å². The Bertz CT molecular complexity index is 578. The topological polar surface area (TPSA) is 79.2 Å². The Morgan fingerprint density at radius 1 is 0.844 bits per heavy atom. The van der Waals surface area contributed by atoms with Crippen molar-refractivity contribution in [1.29, 1.82) is 0 Å². The number of unbranched alkanes of at least 4 members (excludes halogenated alkanes) is 14. The molecule has 0 fully saturated rings. The van der Waals surface area contributed by atoms with Crippen LogP contribution < -0.4 is 0 Å². The van der Waals surface area contributed by atoms with Gasteiger partial charge < -0.3 is 4.90 Å². The second-order valence-electron chi connectivity index (χ2n) is 9.77. The Morgan fingerprint density at radius 3 is 1.78 bits per heavy atom. The van der Waals surface area contributed by atoms with Gasteiger partial charge in [-0.15, -0.1) is 0 Å². The molecule has 7 heteroatoms. The van der Waals surface area contributed by atoms with Crippen molar-refractivity contribution < 1.29 is 17.2 Å². The Balaban J connectivity index is 1.82. The predicted octanol–water partition coefficient (Wildman–Crippen LogP) is 6.81. The number of nitrogens with zero attached hydrogens (tertiary/aromatic N) is 2. The molecule has 0 atom stereocenters. The number of amidine groups is 1. The summed E-state index contributed by atoms with van der Waals surface area (Å²) in [5.41, 5.74) is 0. The van der Waals surface area contributed by atoms with E-state index in [1.165, 1.54) is 96.3 Å². The monoisotopic (exact) mass is 474 g/mol. The van der Waals surface area contributed by atoms with Crippen LogP contribution >= 0.6 is 0 Å². The minimum Gasteiger partial charge on any atom is -0.356 e. The first-order valence-corrected chi connectivity index (χ1v) is 14.6. The van der Waals surface area contributed by atoms with E-state index < -0.39 is 10.4 Å². The van der Waals surface area contributed by atoms with Crippen molar-refractivity contribution in [1.82, 2.24) is 4.90 Å². The fourth-order valence-corrected chi connectivity index (χ4v) is 4.68. The first-order chi connectivity index (χ1) is 15.4. The van der Waals surface area contributed by atoms with E-state index in [-0.39, 0.29) is 6.61 Å². The SMILES string of the molecule is CC(C)CCCCCCCCCCCCCCCCCC1=NCCN1CCOS(=O)(=O)O. The molecule has 32 heavy (non-hydrogen) atoms. The summed E-state index contributed by atoms with van der Waals surface area (Å²) in [5, 5.41) is 0. The van der Waals surface area contributed by atoms with Gasteiger partial charge in [0.1, 0.15) is 0 Å². The average molecular weight is 475 g/mol. The molecule has 0 aromatic heterocycles. The maximum absolute atomic E-state index is 10.6. The molecule has 0 aromatic carbocycles. The van der Waals surface area contributed by atoms with Gasteiger partial charge in [-0.3, -0.25) is 9.55 Å². The molecule has 1 heterocycles. The summed E-state index contributed by atoms with van der Waals surface area (Å²) < 4.78 is 34.3. The van der Waals surface area contributed by atoms with Gasteiger partial charge in [-0.2, -0.15) is 8.42 Å². The van der Waals surface area contributed by atoms with Gasteiger partial charge in [0.2, 0.25) is 0 Å². The lowest BCUT2D eigenvalue weighted by atomic mass is 10.0. The van der Waals surface area contributed by atoms with E-state index in [9.17, 15) is 8.42 Å². The van der Waals surface area contributed by atoms with E-state index in [0.717, 1.165) is 37.7 Å². The summed E-state index contributed by atoms with van der Waals surface area (Å²) in [5.74, 6) is 1.92. The van der Waals surface area contributed by atoms with Crippen LogP contribution in [-0.4, -0.2) is 49.9 Å². The van der Waals surface area contributed by atoms with E-state index >= 15 is 0 Å². The lowest BCUT2D eigenvalue weighted by Gasteiger charge is -2.19. The van der Waals surface area contributed by atoms with Crippen LogP contribution in [-0.2, 0) is 14.6 Å². The van der Waals surface area contributed by atoms with Crippen LogP contribution in [0.25, 0.3) is 0 Å². The number of rotatable bonds is 22. The van der Waals surface area contributed by atoms with Gasteiger partial charge in [0.25, 0.3) is 0 Å². The Hall–Kier alpha value is -0.660. The van der Waals surface area contributed by atoms with Gasteiger partial charge in [-0.25, -0.2) is 4.18 Å². The fourth-order valence-electron chi connectivity index (χ4n) is 4.39. The molecule has 0 aromatic rings. The lowest BCUT2D eigenvalue weighted by molar-refractivity contribution is 0.244. The minimum atomic E-state index is -4.35. The quantitative estimate of drug-likeness (QED) is 0.138. The highest BCUT2D eigenvalue weighted by molar-refractivity contribution is 7.80. The molecular weight excluding hydrogens is 424 g/mol. The number of aliphatic imine (C=N–C) groups is 1. The summed E-state index contributed by atoms with van der Waals surface area (Å²) >= 11 is 0. The van der Waals surface area contributed by atoms with E-state index in [4.69, 9.17) is 4.55 Å². The average Bonchev–Trinajstić information content (AvgIpc) is 3.16. The highest BCUT2D eigenvalue weighted by atomic mass is 32.3. The first kappa shape index (κ1) is 29.4. The predicted molar refractivity (Wildman–Crippen MR) is 135 cm³/mol. The van der Waals surface area contributed by atoms with Gasteiger partial charge in [0, 0.05) is 19.5 Å². The van der Waals surface area contributed by atoms with Crippen LogP contribution in [0.4, 0.5) is 0 Å². The first-order valence-electron chi connectivity index (χ1n) is 13.3. The third-order valence-corrected chi connectivity index (χ3v) is 6.77. The summed E-state index contributed by atoms with van der Waals surface area (Å²) in [6.45, 7) is 6.63. The highest BCUT2D eigenvalue weighted by Gasteiger charge is 2.17. The summed E-state index contributed by atoms with van der Waals surface area (Å²) in [6, 6.07) is 0. The maximum Gasteiger partial charge on any atom is 0.397 e. The molecule has 0 saturated heterocycles. The Kier molecular flexibility index (Phi) is 17.2. The van der Waals surface area contributed by atoms with E-state index in [1.807, 2.05) is 0 Å². The Morgan fingerprint density at radius 2 is 1.31 bits per heavy atom. The minimum absolute atomic E-state index is 0.0315. The van der Waals surface area contributed by atoms with Crippen LogP contribution in [0.15, 0.2) is 4.99 Å². The van der Waals surface area contributed by atoms with Crippen molar-refractivity contribution in [3.05, 3.63) is 0 Å². The lowest BCUT2D eigenvalue weighted by Crippen LogP contribution is -2.31. The standard InChI is InChI=1S/C25H50N2O4S/c1-24(2)18-16-14-12-10-8-6-4-3-5-7-9-11-13-15-17-19-25-26-20-21-27(25)22-23-31-32(28,29)30/h24H,3-23H2,1-2H3,(H,28,29,30). The number of hydrogen-bond donors (Lipinski definition) is 1. The zero-order valence-corrected chi connectivity index (χ0v) is 21.7. The van der Waals surface area contributed by atoms with Crippen LogP contribution in [0.1, 0.15) is 123 Å². The molecule has 1 N–H and O–H groups in total. The Labute approximate surface area is 198 Å². The normalized spacial score (nSPS) is 14.5. The third kappa shape index (κ3) is 17.8. The van der Waals surface area contributed by atoms with Crippen LogP contribution in [0.5, 0.6) is 0 Å². The molecule has 0 bridgehead atoms. The molecule has 0 aliphatic carbocycles. The van der Waals surface area contributed by atoms with Gasteiger partial charge in [-0.1, -0.05) is 110 Å². The van der Waals surface area contributed by atoms with Gasteiger partial charge in [0.05, 0.1) is 19.0 Å². The van der Waals surface area contributed by atoms with Crippen LogP contribution in [0, 0.1) is 5.92 Å². The molecule has 0 radical (unpaired) electrons. The molecule has 0 saturated carbocycles. The second kappa shape index (κ2) is 18.7. The summed E-state index contributed by atoms with van der Waals surface area (Å²) in [7, 11) is -4.35. The largest absolute Gasteiger partial charge is 0.397 e.